The molecule has 1 heterocycles. The molecule has 0 atom stereocenters. The number of ether oxygens (including phenoxy) is 2. The van der Waals surface area contributed by atoms with E-state index in [4.69, 9.17) is 4.74 Å². The second-order valence-corrected chi connectivity index (χ2v) is 5.63. The van der Waals surface area contributed by atoms with E-state index in [2.05, 4.69) is 20.3 Å². The molecule has 1 amide bonds. The third-order valence-corrected chi connectivity index (χ3v) is 3.63. The Hall–Kier alpha value is -2.07. The molecule has 1 aromatic rings. The van der Waals surface area contributed by atoms with Crippen LogP contribution in [0, 0.1) is 0 Å². The highest BCUT2D eigenvalue weighted by molar-refractivity contribution is 8.15. The fourth-order valence-corrected chi connectivity index (χ4v) is 2.43. The summed E-state index contributed by atoms with van der Waals surface area (Å²) in [4.78, 5) is 11.0. The van der Waals surface area contributed by atoms with Gasteiger partial charge in [0.05, 0.1) is 25.7 Å². The first-order chi connectivity index (χ1) is 11.4. The molecule has 1 aromatic carbocycles. The fourth-order valence-electron chi connectivity index (χ4n) is 1.80. The van der Waals surface area contributed by atoms with Crippen LogP contribution in [-0.4, -0.2) is 42.9 Å². The van der Waals surface area contributed by atoms with E-state index in [0.717, 1.165) is 0 Å². The number of hydrogen-bond donors (Lipinski definition) is 1. The molecule has 0 radical (unpaired) electrons. The molecule has 1 aliphatic heterocycles. The Labute approximate surface area is 140 Å². The monoisotopic (exact) mass is 361 g/mol. The van der Waals surface area contributed by atoms with Crippen LogP contribution in [0.2, 0.25) is 0 Å². The van der Waals surface area contributed by atoms with E-state index in [0.29, 0.717) is 27.8 Å². The van der Waals surface area contributed by atoms with Gasteiger partial charge in [0.15, 0.2) is 5.17 Å². The molecule has 2 rings (SSSR count). The van der Waals surface area contributed by atoms with Crippen LogP contribution < -0.4 is 10.1 Å². The Morgan fingerprint density at radius 1 is 1.42 bits per heavy atom. The van der Waals surface area contributed by atoms with Crippen molar-refractivity contribution in [2.45, 2.75) is 12.8 Å². The van der Waals surface area contributed by atoms with Crippen LogP contribution in [0.5, 0.6) is 5.75 Å². The average molecular weight is 361 g/mol. The van der Waals surface area contributed by atoms with Crippen LogP contribution in [0.25, 0.3) is 0 Å². The molecule has 1 fully saturated rings. The highest BCUT2D eigenvalue weighted by atomic mass is 32.2. The minimum absolute atomic E-state index is 0.137. The number of rotatable bonds is 6. The van der Waals surface area contributed by atoms with Crippen LogP contribution in [0.4, 0.5) is 13.2 Å². The predicted molar refractivity (Wildman–Crippen MR) is 84.3 cm³/mol. The number of alkyl halides is 3. The van der Waals surface area contributed by atoms with Crippen LogP contribution in [0.1, 0.15) is 11.1 Å². The Balaban J connectivity index is 2.03. The summed E-state index contributed by atoms with van der Waals surface area (Å²) >= 11 is 1.24. The molecule has 0 unspecified atom stereocenters. The maximum atomic E-state index is 12.1. The van der Waals surface area contributed by atoms with Gasteiger partial charge in [-0.3, -0.25) is 4.79 Å². The van der Waals surface area contributed by atoms with Crippen molar-refractivity contribution >= 4 is 29.1 Å². The van der Waals surface area contributed by atoms with E-state index >= 15 is 0 Å². The van der Waals surface area contributed by atoms with Gasteiger partial charge in [0.1, 0.15) is 12.4 Å². The molecule has 0 bridgehead atoms. The molecular formula is C14H14F3N3O3S. The third-order valence-electron chi connectivity index (χ3n) is 2.77. The number of halogens is 3. The number of carbonyl (C=O) groups is 1. The highest BCUT2D eigenvalue weighted by Gasteiger charge is 2.27. The van der Waals surface area contributed by atoms with Crippen molar-refractivity contribution in [1.29, 1.82) is 0 Å². The van der Waals surface area contributed by atoms with E-state index in [1.807, 2.05) is 0 Å². The molecule has 6 nitrogen and oxygen atoms in total. The maximum absolute atomic E-state index is 12.1. The van der Waals surface area contributed by atoms with Crippen molar-refractivity contribution in [3.63, 3.8) is 0 Å². The first-order valence-corrected chi connectivity index (χ1v) is 7.71. The molecule has 10 heteroatoms. The number of thioether (sulfide) groups is 1. The lowest BCUT2D eigenvalue weighted by atomic mass is 10.1. The van der Waals surface area contributed by atoms with Crippen molar-refractivity contribution in [1.82, 2.24) is 5.32 Å². The van der Waals surface area contributed by atoms with Crippen molar-refractivity contribution in [3.05, 3.63) is 29.3 Å². The normalized spacial score (nSPS) is 16.8. The fraction of sp³-hybridized carbons (Fsp3) is 0.357. The topological polar surface area (TPSA) is 72.3 Å². The Morgan fingerprint density at radius 2 is 2.21 bits per heavy atom. The van der Waals surface area contributed by atoms with Crippen molar-refractivity contribution in [2.24, 2.45) is 10.2 Å². The molecular weight excluding hydrogens is 347 g/mol. The first kappa shape index (κ1) is 18.3. The van der Waals surface area contributed by atoms with Gasteiger partial charge in [0.2, 0.25) is 5.91 Å². The van der Waals surface area contributed by atoms with Gasteiger partial charge in [-0.15, -0.1) is 5.10 Å². The first-order valence-electron chi connectivity index (χ1n) is 6.72. The number of nitrogens with zero attached hydrogens (tertiary/aromatic N) is 2. The number of carbonyl (C=O) groups excluding carboxylic acids is 1. The number of methoxy groups -OCH3 is 1. The van der Waals surface area contributed by atoms with E-state index in [-0.39, 0.29) is 12.5 Å². The molecule has 1 saturated heterocycles. The zero-order valence-corrected chi connectivity index (χ0v) is 13.4. The number of benzene rings is 1. The number of amidine groups is 1. The zero-order valence-electron chi connectivity index (χ0n) is 12.6. The van der Waals surface area contributed by atoms with Gasteiger partial charge in [-0.05, 0) is 23.8 Å². The largest absolute Gasteiger partial charge is 0.496 e. The number of hydrogen-bond acceptors (Lipinski definition) is 6. The summed E-state index contributed by atoms with van der Waals surface area (Å²) in [6.07, 6.45) is -2.96. The molecule has 0 aromatic heterocycles. The predicted octanol–water partition coefficient (Wildman–Crippen LogP) is 2.33. The van der Waals surface area contributed by atoms with Gasteiger partial charge in [0, 0.05) is 5.56 Å². The Bertz CT molecular complexity index is 662. The molecule has 0 aliphatic carbocycles. The van der Waals surface area contributed by atoms with E-state index < -0.39 is 12.8 Å². The van der Waals surface area contributed by atoms with Crippen LogP contribution in [-0.2, 0) is 16.1 Å². The molecule has 1 aliphatic rings. The minimum atomic E-state index is -4.38. The van der Waals surface area contributed by atoms with Gasteiger partial charge >= 0.3 is 6.18 Å². The molecule has 0 spiro atoms. The second kappa shape index (κ2) is 8.15. The summed E-state index contributed by atoms with van der Waals surface area (Å²) in [5, 5.41) is 10.6. The summed E-state index contributed by atoms with van der Waals surface area (Å²) in [5.41, 5.74) is 1.07. The van der Waals surface area contributed by atoms with Crippen LogP contribution in [0.15, 0.2) is 28.4 Å². The summed E-state index contributed by atoms with van der Waals surface area (Å²) in [6.45, 7) is -1.58. The third kappa shape index (κ3) is 5.85. The lowest BCUT2D eigenvalue weighted by Gasteiger charge is -2.11. The number of nitrogens with one attached hydrogen (secondary N) is 1. The van der Waals surface area contributed by atoms with Gasteiger partial charge in [-0.25, -0.2) is 0 Å². The van der Waals surface area contributed by atoms with E-state index in [1.165, 1.54) is 25.1 Å². The van der Waals surface area contributed by atoms with Gasteiger partial charge in [-0.1, -0.05) is 11.8 Å². The smallest absolute Gasteiger partial charge is 0.411 e. The second-order valence-electron chi connectivity index (χ2n) is 4.67. The molecule has 0 saturated carbocycles. The van der Waals surface area contributed by atoms with Crippen LogP contribution >= 0.6 is 11.8 Å². The standard InChI is InChI=1S/C14H14F3N3O3S/c1-22-11-3-2-9(4-10(11)6-23-8-14(15,16)17)5-18-20-13-19-12(21)7-24-13/h2-5H,6-8H2,1H3,(H,19,20,21). The Kier molecular flexibility index (Phi) is 6.21. The molecule has 24 heavy (non-hydrogen) atoms. The van der Waals surface area contributed by atoms with E-state index in [1.54, 1.807) is 18.2 Å². The van der Waals surface area contributed by atoms with Crippen LogP contribution in [0.3, 0.4) is 0 Å². The summed E-state index contributed by atoms with van der Waals surface area (Å²) in [6, 6.07) is 4.88. The maximum Gasteiger partial charge on any atom is 0.411 e. The van der Waals surface area contributed by atoms with Crippen molar-refractivity contribution in [2.75, 3.05) is 19.5 Å². The summed E-state index contributed by atoms with van der Waals surface area (Å²) in [7, 11) is 1.42. The lowest BCUT2D eigenvalue weighted by Crippen LogP contribution is -2.19. The van der Waals surface area contributed by atoms with Gasteiger partial charge in [0.25, 0.3) is 0 Å². The minimum Gasteiger partial charge on any atom is -0.496 e. The van der Waals surface area contributed by atoms with Crippen molar-refractivity contribution < 1.29 is 27.4 Å². The number of amides is 1. The summed E-state index contributed by atoms with van der Waals surface area (Å²) in [5.74, 6) is 0.583. The molecule has 1 N–H and O–H groups in total. The van der Waals surface area contributed by atoms with Gasteiger partial charge < -0.3 is 14.8 Å². The SMILES string of the molecule is COc1ccc(C=NN=C2NC(=O)CS2)cc1COCC(F)(F)F. The van der Waals surface area contributed by atoms with E-state index in [9.17, 15) is 18.0 Å². The summed E-state index contributed by atoms with van der Waals surface area (Å²) < 4.78 is 46.2. The quantitative estimate of drug-likeness (QED) is 0.624. The molecule has 130 valence electrons. The Morgan fingerprint density at radius 3 is 2.83 bits per heavy atom. The average Bonchev–Trinajstić information content (AvgIpc) is 2.92. The highest BCUT2D eigenvalue weighted by Crippen LogP contribution is 2.22. The van der Waals surface area contributed by atoms with Crippen molar-refractivity contribution in [3.8, 4) is 5.75 Å². The van der Waals surface area contributed by atoms with Gasteiger partial charge in [-0.2, -0.15) is 18.3 Å². The lowest BCUT2D eigenvalue weighted by molar-refractivity contribution is -0.176. The zero-order chi connectivity index (χ0) is 17.6.